The molecule has 1 aromatic heterocycles. The number of carbonyl (C=O) groups excluding carboxylic acids is 1. The molecule has 1 N–H and O–H groups in total. The van der Waals surface area contributed by atoms with E-state index in [1.165, 1.54) is 32.4 Å². The Kier molecular flexibility index (Phi) is 7.56. The molecule has 0 atom stereocenters. The Morgan fingerprint density at radius 1 is 1.11 bits per heavy atom. The molecule has 0 radical (unpaired) electrons. The molecule has 150 valence electrons. The molecule has 0 aliphatic carbocycles. The van der Waals surface area contributed by atoms with E-state index in [0.29, 0.717) is 22.7 Å². The number of aromatic nitrogens is 1. The van der Waals surface area contributed by atoms with Gasteiger partial charge in [-0.25, -0.2) is 4.98 Å². The number of pyridine rings is 1. The first kappa shape index (κ1) is 20.5. The fourth-order valence-corrected chi connectivity index (χ4v) is 4.03. The van der Waals surface area contributed by atoms with E-state index in [0.717, 1.165) is 17.3 Å². The molecule has 1 fully saturated rings. The van der Waals surface area contributed by atoms with E-state index >= 15 is 0 Å². The normalized spacial score (nSPS) is 14.5. The lowest BCUT2D eigenvalue weighted by molar-refractivity contribution is 0.102. The predicted molar refractivity (Wildman–Crippen MR) is 113 cm³/mol. The number of likely N-dealkylation sites (tertiary alicyclic amines) is 1. The second-order valence-corrected chi connectivity index (χ2v) is 7.77. The molecule has 28 heavy (non-hydrogen) atoms. The van der Waals surface area contributed by atoms with Crippen LogP contribution in [0, 0.1) is 0 Å². The Labute approximate surface area is 170 Å². The van der Waals surface area contributed by atoms with Gasteiger partial charge < -0.3 is 19.7 Å². The first-order valence-corrected chi connectivity index (χ1v) is 10.5. The molecule has 1 aliphatic heterocycles. The number of anilines is 1. The fraction of sp³-hybridized carbons (Fsp3) is 0.429. The van der Waals surface area contributed by atoms with Gasteiger partial charge in [-0.1, -0.05) is 6.42 Å². The van der Waals surface area contributed by atoms with Gasteiger partial charge in [0.15, 0.2) is 11.5 Å². The van der Waals surface area contributed by atoms with Gasteiger partial charge >= 0.3 is 0 Å². The molecule has 0 spiro atoms. The third-order valence-corrected chi connectivity index (χ3v) is 5.67. The number of benzene rings is 1. The van der Waals surface area contributed by atoms with Crippen molar-refractivity contribution in [3.8, 4) is 11.5 Å². The Morgan fingerprint density at radius 2 is 1.89 bits per heavy atom. The SMILES string of the molecule is COc1ccc(NC(=O)c2ccc(SCCN3CCCCC3)nc2)cc1OC. The summed E-state index contributed by atoms with van der Waals surface area (Å²) in [5.41, 5.74) is 1.16. The molecule has 1 aliphatic rings. The van der Waals surface area contributed by atoms with Crippen LogP contribution in [0.3, 0.4) is 0 Å². The fourth-order valence-electron chi connectivity index (χ4n) is 3.18. The van der Waals surface area contributed by atoms with Gasteiger partial charge in [0.2, 0.25) is 0 Å². The summed E-state index contributed by atoms with van der Waals surface area (Å²) in [6.07, 6.45) is 5.61. The van der Waals surface area contributed by atoms with Crippen molar-refractivity contribution in [2.45, 2.75) is 24.3 Å². The van der Waals surface area contributed by atoms with Crippen molar-refractivity contribution in [3.05, 3.63) is 42.1 Å². The molecule has 2 aromatic rings. The molecular formula is C21H27N3O3S. The number of thioether (sulfide) groups is 1. The van der Waals surface area contributed by atoms with Gasteiger partial charge in [-0.05, 0) is 50.2 Å². The van der Waals surface area contributed by atoms with Gasteiger partial charge in [-0.2, -0.15) is 0 Å². The van der Waals surface area contributed by atoms with Crippen LogP contribution in [0.2, 0.25) is 0 Å². The summed E-state index contributed by atoms with van der Waals surface area (Å²) in [5.74, 6) is 2.00. The van der Waals surface area contributed by atoms with Crippen molar-refractivity contribution in [3.63, 3.8) is 0 Å². The zero-order chi connectivity index (χ0) is 19.8. The van der Waals surface area contributed by atoms with Crippen molar-refractivity contribution in [2.24, 2.45) is 0 Å². The van der Waals surface area contributed by atoms with Gasteiger partial charge in [-0.15, -0.1) is 11.8 Å². The smallest absolute Gasteiger partial charge is 0.257 e. The quantitative estimate of drug-likeness (QED) is 0.676. The maximum absolute atomic E-state index is 12.5. The molecule has 3 rings (SSSR count). The Hall–Kier alpha value is -2.25. The van der Waals surface area contributed by atoms with Crippen molar-refractivity contribution in [1.29, 1.82) is 0 Å². The molecule has 1 aromatic carbocycles. The van der Waals surface area contributed by atoms with E-state index < -0.39 is 0 Å². The van der Waals surface area contributed by atoms with E-state index in [2.05, 4.69) is 15.2 Å². The molecule has 2 heterocycles. The highest BCUT2D eigenvalue weighted by Gasteiger charge is 2.11. The van der Waals surface area contributed by atoms with Crippen LogP contribution in [0.15, 0.2) is 41.6 Å². The van der Waals surface area contributed by atoms with E-state index in [4.69, 9.17) is 9.47 Å². The second kappa shape index (κ2) is 10.3. The third-order valence-electron chi connectivity index (χ3n) is 4.75. The average molecular weight is 402 g/mol. The highest BCUT2D eigenvalue weighted by Crippen LogP contribution is 2.30. The van der Waals surface area contributed by atoms with Gasteiger partial charge in [-0.3, -0.25) is 4.79 Å². The molecule has 6 nitrogen and oxygen atoms in total. The van der Waals surface area contributed by atoms with Crippen LogP contribution in [0.5, 0.6) is 11.5 Å². The molecule has 0 bridgehead atoms. The lowest BCUT2D eigenvalue weighted by atomic mass is 10.1. The minimum atomic E-state index is -0.204. The number of amides is 1. The van der Waals surface area contributed by atoms with Gasteiger partial charge in [0.05, 0.1) is 24.8 Å². The Balaban J connectivity index is 1.51. The van der Waals surface area contributed by atoms with E-state index in [-0.39, 0.29) is 5.91 Å². The van der Waals surface area contributed by atoms with Crippen LogP contribution in [0.1, 0.15) is 29.6 Å². The van der Waals surface area contributed by atoms with Gasteiger partial charge in [0, 0.05) is 30.2 Å². The first-order chi connectivity index (χ1) is 13.7. The zero-order valence-corrected chi connectivity index (χ0v) is 17.3. The predicted octanol–water partition coefficient (Wildman–Crippen LogP) is 3.93. The number of carbonyl (C=O) groups is 1. The lowest BCUT2D eigenvalue weighted by Crippen LogP contribution is -2.31. The number of hydrogen-bond acceptors (Lipinski definition) is 6. The van der Waals surface area contributed by atoms with E-state index in [1.807, 2.05) is 12.1 Å². The van der Waals surface area contributed by atoms with Crippen molar-refractivity contribution >= 4 is 23.4 Å². The maximum Gasteiger partial charge on any atom is 0.257 e. The van der Waals surface area contributed by atoms with Crippen LogP contribution in [0.25, 0.3) is 0 Å². The van der Waals surface area contributed by atoms with Gasteiger partial charge in [0.25, 0.3) is 5.91 Å². The van der Waals surface area contributed by atoms with Gasteiger partial charge in [0.1, 0.15) is 0 Å². The number of nitrogens with one attached hydrogen (secondary N) is 1. The van der Waals surface area contributed by atoms with Crippen LogP contribution in [-0.4, -0.2) is 55.4 Å². The van der Waals surface area contributed by atoms with Crippen LogP contribution >= 0.6 is 11.8 Å². The summed E-state index contributed by atoms with van der Waals surface area (Å²) in [7, 11) is 3.14. The molecule has 7 heteroatoms. The highest BCUT2D eigenvalue weighted by molar-refractivity contribution is 7.99. The van der Waals surface area contributed by atoms with Crippen LogP contribution in [0.4, 0.5) is 5.69 Å². The largest absolute Gasteiger partial charge is 0.493 e. The summed E-state index contributed by atoms with van der Waals surface area (Å²) in [5, 5.41) is 3.81. The molecule has 0 saturated carbocycles. The molecule has 1 amide bonds. The summed E-state index contributed by atoms with van der Waals surface area (Å²) in [6.45, 7) is 3.51. The van der Waals surface area contributed by atoms with Crippen LogP contribution in [-0.2, 0) is 0 Å². The van der Waals surface area contributed by atoms with E-state index in [1.54, 1.807) is 50.4 Å². The summed E-state index contributed by atoms with van der Waals surface area (Å²) in [4.78, 5) is 19.4. The Bertz CT molecular complexity index is 777. The summed E-state index contributed by atoms with van der Waals surface area (Å²) >= 11 is 1.73. The molecule has 0 unspecified atom stereocenters. The van der Waals surface area contributed by atoms with Crippen molar-refractivity contribution < 1.29 is 14.3 Å². The first-order valence-electron chi connectivity index (χ1n) is 9.54. The topological polar surface area (TPSA) is 63.7 Å². The van der Waals surface area contributed by atoms with Crippen molar-refractivity contribution in [2.75, 3.05) is 44.9 Å². The maximum atomic E-state index is 12.5. The zero-order valence-electron chi connectivity index (χ0n) is 16.4. The number of ether oxygens (including phenoxy) is 2. The Morgan fingerprint density at radius 3 is 2.57 bits per heavy atom. The number of methoxy groups -OCH3 is 2. The molecule has 1 saturated heterocycles. The summed E-state index contributed by atoms with van der Waals surface area (Å²) < 4.78 is 10.5. The number of nitrogens with zero attached hydrogens (tertiary/aromatic N) is 2. The third kappa shape index (κ3) is 5.62. The standard InChI is InChI=1S/C21H27N3O3S/c1-26-18-8-7-17(14-19(18)27-2)23-21(25)16-6-9-20(22-15-16)28-13-12-24-10-4-3-5-11-24/h6-9,14-15H,3-5,10-13H2,1-2H3,(H,23,25). The average Bonchev–Trinajstić information content (AvgIpc) is 2.75. The molecular weight excluding hydrogens is 374 g/mol. The van der Waals surface area contributed by atoms with Crippen molar-refractivity contribution in [1.82, 2.24) is 9.88 Å². The number of hydrogen-bond donors (Lipinski definition) is 1. The number of rotatable bonds is 8. The second-order valence-electron chi connectivity index (χ2n) is 6.66. The highest BCUT2D eigenvalue weighted by atomic mass is 32.2. The minimum Gasteiger partial charge on any atom is -0.493 e. The minimum absolute atomic E-state index is 0.204. The number of piperidine rings is 1. The monoisotopic (exact) mass is 401 g/mol. The summed E-state index contributed by atoms with van der Waals surface area (Å²) in [6, 6.07) is 8.98. The van der Waals surface area contributed by atoms with Crippen LogP contribution < -0.4 is 14.8 Å². The van der Waals surface area contributed by atoms with E-state index in [9.17, 15) is 4.79 Å². The lowest BCUT2D eigenvalue weighted by Gasteiger charge is -2.25.